The average molecular weight is 216 g/mol. The number of hydrogen-bond acceptors (Lipinski definition) is 4. The minimum atomic E-state index is -0.127. The second kappa shape index (κ2) is 5.44. The highest BCUT2D eigenvalue weighted by Gasteiger charge is 2.36. The zero-order valence-electron chi connectivity index (χ0n) is 9.60. The molecule has 1 aliphatic heterocycles. The van der Waals surface area contributed by atoms with Crippen LogP contribution in [0.5, 0.6) is 0 Å². The van der Waals surface area contributed by atoms with Crippen LogP contribution in [0.1, 0.15) is 6.92 Å². The van der Waals surface area contributed by atoms with E-state index in [1.165, 1.54) is 0 Å². The number of likely N-dealkylation sites (tertiary alicyclic amines) is 1. The van der Waals surface area contributed by atoms with Gasteiger partial charge in [-0.2, -0.15) is 0 Å². The third-order valence-electron chi connectivity index (χ3n) is 2.91. The standard InChI is InChI=1S/C10H20N2O3/c1-7(4-11)10(13)12-5-8(14-2)9(6-12)15-3/h7-9H,4-6,11H2,1-3H3. The first kappa shape index (κ1) is 12.4. The second-order valence-electron chi connectivity index (χ2n) is 3.93. The number of ether oxygens (including phenoxy) is 2. The van der Waals surface area contributed by atoms with E-state index in [9.17, 15) is 4.79 Å². The number of carbonyl (C=O) groups excluding carboxylic acids is 1. The monoisotopic (exact) mass is 216 g/mol. The van der Waals surface area contributed by atoms with E-state index in [2.05, 4.69) is 0 Å². The molecular weight excluding hydrogens is 196 g/mol. The summed E-state index contributed by atoms with van der Waals surface area (Å²) in [6.07, 6.45) is -0.0483. The summed E-state index contributed by atoms with van der Waals surface area (Å²) in [5, 5.41) is 0. The molecule has 88 valence electrons. The number of nitrogens with zero attached hydrogens (tertiary/aromatic N) is 1. The summed E-state index contributed by atoms with van der Waals surface area (Å²) >= 11 is 0. The highest BCUT2D eigenvalue weighted by Crippen LogP contribution is 2.17. The van der Waals surface area contributed by atoms with Gasteiger partial charge in [0.25, 0.3) is 0 Å². The van der Waals surface area contributed by atoms with Gasteiger partial charge in [-0.05, 0) is 0 Å². The first-order valence-corrected chi connectivity index (χ1v) is 5.18. The number of methoxy groups -OCH3 is 2. The largest absolute Gasteiger partial charge is 0.377 e. The van der Waals surface area contributed by atoms with Crippen molar-refractivity contribution in [1.82, 2.24) is 4.90 Å². The molecule has 1 aliphatic rings. The number of hydrogen-bond donors (Lipinski definition) is 1. The molecule has 2 N–H and O–H groups in total. The molecule has 5 nitrogen and oxygen atoms in total. The van der Waals surface area contributed by atoms with Gasteiger partial charge in [-0.15, -0.1) is 0 Å². The van der Waals surface area contributed by atoms with E-state index < -0.39 is 0 Å². The molecule has 0 aromatic carbocycles. The van der Waals surface area contributed by atoms with Gasteiger partial charge in [0, 0.05) is 39.8 Å². The summed E-state index contributed by atoms with van der Waals surface area (Å²) < 4.78 is 10.5. The Morgan fingerprint density at radius 1 is 1.40 bits per heavy atom. The summed E-state index contributed by atoms with van der Waals surface area (Å²) in [5.74, 6) is -0.0442. The van der Waals surface area contributed by atoms with E-state index in [1.807, 2.05) is 6.92 Å². The van der Waals surface area contributed by atoms with E-state index in [1.54, 1.807) is 19.1 Å². The molecule has 0 aromatic heterocycles. The fraction of sp³-hybridized carbons (Fsp3) is 0.900. The van der Waals surface area contributed by atoms with E-state index in [4.69, 9.17) is 15.2 Å². The Bertz CT molecular complexity index is 211. The molecule has 0 radical (unpaired) electrons. The van der Waals surface area contributed by atoms with E-state index in [-0.39, 0.29) is 24.0 Å². The molecule has 1 rings (SSSR count). The molecule has 0 aliphatic carbocycles. The molecule has 0 aromatic rings. The van der Waals surface area contributed by atoms with Gasteiger partial charge < -0.3 is 20.1 Å². The predicted molar refractivity (Wildman–Crippen MR) is 56.4 cm³/mol. The summed E-state index contributed by atoms with van der Waals surface area (Å²) in [4.78, 5) is 13.6. The summed E-state index contributed by atoms with van der Waals surface area (Å²) in [5.41, 5.74) is 5.46. The van der Waals surface area contributed by atoms with Crippen LogP contribution in [-0.2, 0) is 14.3 Å². The lowest BCUT2D eigenvalue weighted by atomic mass is 10.1. The van der Waals surface area contributed by atoms with Crippen molar-refractivity contribution in [2.75, 3.05) is 33.9 Å². The van der Waals surface area contributed by atoms with Crippen LogP contribution in [0.4, 0.5) is 0 Å². The molecule has 1 amide bonds. The molecule has 1 fully saturated rings. The lowest BCUT2D eigenvalue weighted by Crippen LogP contribution is -2.37. The molecule has 5 heteroatoms. The van der Waals surface area contributed by atoms with Gasteiger partial charge in [-0.3, -0.25) is 4.79 Å². The van der Waals surface area contributed by atoms with Crippen molar-refractivity contribution >= 4 is 5.91 Å². The predicted octanol–water partition coefficient (Wildman–Crippen LogP) is -0.547. The van der Waals surface area contributed by atoms with Crippen LogP contribution >= 0.6 is 0 Å². The van der Waals surface area contributed by atoms with Gasteiger partial charge in [-0.25, -0.2) is 0 Å². The topological polar surface area (TPSA) is 64.8 Å². The van der Waals surface area contributed by atoms with Crippen LogP contribution in [0.2, 0.25) is 0 Å². The first-order chi connectivity index (χ1) is 7.13. The lowest BCUT2D eigenvalue weighted by Gasteiger charge is -2.19. The number of amides is 1. The van der Waals surface area contributed by atoms with Crippen LogP contribution in [0, 0.1) is 5.92 Å². The Labute approximate surface area is 90.5 Å². The van der Waals surface area contributed by atoms with Crippen LogP contribution in [0.25, 0.3) is 0 Å². The smallest absolute Gasteiger partial charge is 0.226 e. The van der Waals surface area contributed by atoms with Crippen LogP contribution in [0.15, 0.2) is 0 Å². The lowest BCUT2D eigenvalue weighted by molar-refractivity contribution is -0.134. The zero-order valence-corrected chi connectivity index (χ0v) is 9.60. The van der Waals surface area contributed by atoms with E-state index in [0.717, 1.165) is 0 Å². The van der Waals surface area contributed by atoms with Gasteiger partial charge in [-0.1, -0.05) is 6.92 Å². The third-order valence-corrected chi connectivity index (χ3v) is 2.91. The molecule has 0 bridgehead atoms. The van der Waals surface area contributed by atoms with Gasteiger partial charge in [0.1, 0.15) is 12.2 Å². The maximum Gasteiger partial charge on any atom is 0.226 e. The highest BCUT2D eigenvalue weighted by atomic mass is 16.5. The number of carbonyl (C=O) groups is 1. The quantitative estimate of drug-likeness (QED) is 0.685. The molecule has 1 heterocycles. The Morgan fingerprint density at radius 3 is 2.20 bits per heavy atom. The SMILES string of the molecule is COC1CN(C(=O)C(C)CN)CC1OC. The average Bonchev–Trinajstić information content (AvgIpc) is 2.69. The van der Waals surface area contributed by atoms with Gasteiger partial charge >= 0.3 is 0 Å². The summed E-state index contributed by atoms with van der Waals surface area (Å²) in [6, 6.07) is 0. The van der Waals surface area contributed by atoms with Crippen LogP contribution < -0.4 is 5.73 Å². The molecular formula is C10H20N2O3. The zero-order chi connectivity index (χ0) is 11.4. The maximum atomic E-state index is 11.8. The molecule has 0 spiro atoms. The third kappa shape index (κ3) is 2.68. The highest BCUT2D eigenvalue weighted by molar-refractivity contribution is 5.79. The Balaban J connectivity index is 2.56. The van der Waals surface area contributed by atoms with Crippen molar-refractivity contribution in [3.8, 4) is 0 Å². The van der Waals surface area contributed by atoms with Crippen LogP contribution in [0.3, 0.4) is 0 Å². The summed E-state index contributed by atoms with van der Waals surface area (Å²) in [6.45, 7) is 3.41. The van der Waals surface area contributed by atoms with Crippen molar-refractivity contribution in [1.29, 1.82) is 0 Å². The minimum absolute atomic E-state index is 0.0241. The summed E-state index contributed by atoms with van der Waals surface area (Å²) in [7, 11) is 3.27. The molecule has 0 saturated carbocycles. The Kier molecular flexibility index (Phi) is 4.50. The van der Waals surface area contributed by atoms with Crippen LogP contribution in [-0.4, -0.2) is 56.9 Å². The van der Waals surface area contributed by atoms with Gasteiger partial charge in [0.2, 0.25) is 5.91 Å². The van der Waals surface area contributed by atoms with Gasteiger partial charge in [0.05, 0.1) is 0 Å². The molecule has 3 unspecified atom stereocenters. The normalized spacial score (nSPS) is 28.1. The second-order valence-corrected chi connectivity index (χ2v) is 3.93. The fourth-order valence-corrected chi connectivity index (χ4v) is 1.79. The Morgan fingerprint density at radius 2 is 1.87 bits per heavy atom. The van der Waals surface area contributed by atoms with Crippen molar-refractivity contribution in [3.05, 3.63) is 0 Å². The minimum Gasteiger partial charge on any atom is -0.377 e. The van der Waals surface area contributed by atoms with E-state index >= 15 is 0 Å². The van der Waals surface area contributed by atoms with Gasteiger partial charge in [0.15, 0.2) is 0 Å². The first-order valence-electron chi connectivity index (χ1n) is 5.18. The molecule has 15 heavy (non-hydrogen) atoms. The van der Waals surface area contributed by atoms with Crippen molar-refractivity contribution in [2.45, 2.75) is 19.1 Å². The van der Waals surface area contributed by atoms with Crippen molar-refractivity contribution in [2.24, 2.45) is 11.7 Å². The molecule has 3 atom stereocenters. The van der Waals surface area contributed by atoms with E-state index in [0.29, 0.717) is 19.6 Å². The Hall–Kier alpha value is -0.650. The number of nitrogens with two attached hydrogens (primary N) is 1. The maximum absolute atomic E-state index is 11.8. The van der Waals surface area contributed by atoms with Crippen molar-refractivity contribution < 1.29 is 14.3 Å². The number of rotatable bonds is 4. The molecule has 1 saturated heterocycles. The fourth-order valence-electron chi connectivity index (χ4n) is 1.79. The van der Waals surface area contributed by atoms with Crippen molar-refractivity contribution in [3.63, 3.8) is 0 Å².